The highest BCUT2D eigenvalue weighted by Crippen LogP contribution is 2.22. The molecule has 0 aliphatic heterocycles. The van der Waals surface area contributed by atoms with Gasteiger partial charge in [0.05, 0.1) is 13.2 Å². The zero-order chi connectivity index (χ0) is 12.0. The van der Waals surface area contributed by atoms with E-state index in [9.17, 15) is 5.11 Å². The van der Waals surface area contributed by atoms with Crippen molar-refractivity contribution in [3.05, 3.63) is 29.3 Å². The summed E-state index contributed by atoms with van der Waals surface area (Å²) in [4.78, 5) is 0. The van der Waals surface area contributed by atoms with Crippen LogP contribution in [0.4, 0.5) is 0 Å². The van der Waals surface area contributed by atoms with Crippen LogP contribution in [0.2, 0.25) is 0 Å². The summed E-state index contributed by atoms with van der Waals surface area (Å²) in [5.74, 6) is 0.925. The molecule has 1 N–H and O–H groups in total. The van der Waals surface area contributed by atoms with Crippen molar-refractivity contribution in [2.24, 2.45) is 0 Å². The largest absolute Gasteiger partial charge is 0.496 e. The maximum Gasteiger partial charge on any atom is 0.122 e. The predicted molar refractivity (Wildman–Crippen MR) is 67.0 cm³/mol. The van der Waals surface area contributed by atoms with Crippen LogP contribution in [0, 0.1) is 6.92 Å². The molecule has 90 valence electrons. The number of aliphatic hydroxyl groups is 1. The molecule has 16 heavy (non-hydrogen) atoms. The Morgan fingerprint density at radius 2 is 2.06 bits per heavy atom. The van der Waals surface area contributed by atoms with Crippen molar-refractivity contribution in [2.75, 3.05) is 7.11 Å². The average molecular weight is 222 g/mol. The molecule has 2 nitrogen and oxygen atoms in total. The van der Waals surface area contributed by atoms with Gasteiger partial charge >= 0.3 is 0 Å². The van der Waals surface area contributed by atoms with E-state index in [1.165, 1.54) is 11.1 Å². The molecule has 0 amide bonds. The van der Waals surface area contributed by atoms with E-state index < -0.39 is 0 Å². The highest BCUT2D eigenvalue weighted by atomic mass is 16.5. The van der Waals surface area contributed by atoms with Crippen LogP contribution in [0.25, 0.3) is 0 Å². The zero-order valence-corrected chi connectivity index (χ0v) is 10.5. The standard InChI is InChI=1S/C14H22O2/c1-4-5-13(15)8-7-12-10-11(2)6-9-14(12)16-3/h6,9-10,13,15H,4-5,7-8H2,1-3H3. The third kappa shape index (κ3) is 3.86. The van der Waals surface area contributed by atoms with Crippen molar-refractivity contribution in [1.82, 2.24) is 0 Å². The smallest absolute Gasteiger partial charge is 0.122 e. The zero-order valence-electron chi connectivity index (χ0n) is 10.5. The van der Waals surface area contributed by atoms with Gasteiger partial charge in [-0.2, -0.15) is 0 Å². The van der Waals surface area contributed by atoms with Crippen molar-refractivity contribution in [1.29, 1.82) is 0 Å². The number of hydrogen-bond donors (Lipinski definition) is 1. The molecule has 0 saturated carbocycles. The van der Waals surface area contributed by atoms with Crippen LogP contribution in [0.15, 0.2) is 18.2 Å². The molecule has 0 aliphatic rings. The second-order valence-electron chi connectivity index (χ2n) is 4.30. The van der Waals surface area contributed by atoms with Crippen LogP contribution < -0.4 is 4.74 Å². The summed E-state index contributed by atoms with van der Waals surface area (Å²) in [6, 6.07) is 6.18. The molecule has 0 aliphatic carbocycles. The second-order valence-corrected chi connectivity index (χ2v) is 4.30. The van der Waals surface area contributed by atoms with Crippen LogP contribution in [0.3, 0.4) is 0 Å². The molecule has 0 bridgehead atoms. The van der Waals surface area contributed by atoms with E-state index in [1.807, 2.05) is 12.1 Å². The van der Waals surface area contributed by atoms with Crippen LogP contribution in [0.1, 0.15) is 37.3 Å². The summed E-state index contributed by atoms with van der Waals surface area (Å²) in [5, 5.41) is 9.70. The Kier molecular flexibility index (Phi) is 5.33. The van der Waals surface area contributed by atoms with Crippen LogP contribution in [0.5, 0.6) is 5.75 Å². The third-order valence-electron chi connectivity index (χ3n) is 2.80. The summed E-state index contributed by atoms with van der Waals surface area (Å²) in [5.41, 5.74) is 2.43. The van der Waals surface area contributed by atoms with E-state index in [-0.39, 0.29) is 6.10 Å². The molecule has 0 saturated heterocycles. The van der Waals surface area contributed by atoms with Gasteiger partial charge in [-0.1, -0.05) is 31.0 Å². The van der Waals surface area contributed by atoms with Gasteiger partial charge in [-0.05, 0) is 37.8 Å². The van der Waals surface area contributed by atoms with Gasteiger partial charge in [0.25, 0.3) is 0 Å². The van der Waals surface area contributed by atoms with Gasteiger partial charge in [-0.15, -0.1) is 0 Å². The molecular weight excluding hydrogens is 200 g/mol. The number of methoxy groups -OCH3 is 1. The molecule has 1 aromatic carbocycles. The Hall–Kier alpha value is -1.02. The third-order valence-corrected chi connectivity index (χ3v) is 2.80. The Morgan fingerprint density at radius 1 is 1.31 bits per heavy atom. The fourth-order valence-corrected chi connectivity index (χ4v) is 1.90. The number of aliphatic hydroxyl groups excluding tert-OH is 1. The van der Waals surface area contributed by atoms with Gasteiger partial charge in [-0.3, -0.25) is 0 Å². The lowest BCUT2D eigenvalue weighted by Gasteiger charge is -2.12. The Bertz CT molecular complexity index is 321. The van der Waals surface area contributed by atoms with Gasteiger partial charge in [-0.25, -0.2) is 0 Å². The summed E-state index contributed by atoms with van der Waals surface area (Å²) in [6.45, 7) is 4.17. The first kappa shape index (κ1) is 13.0. The minimum Gasteiger partial charge on any atom is -0.496 e. The Morgan fingerprint density at radius 3 is 2.69 bits per heavy atom. The summed E-state index contributed by atoms with van der Waals surface area (Å²) >= 11 is 0. The number of hydrogen-bond acceptors (Lipinski definition) is 2. The molecule has 0 aromatic heterocycles. The number of ether oxygens (including phenoxy) is 1. The van der Waals surface area contributed by atoms with E-state index in [4.69, 9.17) is 4.74 Å². The molecule has 1 atom stereocenters. The van der Waals surface area contributed by atoms with E-state index in [2.05, 4.69) is 19.9 Å². The Labute approximate surface area is 98.3 Å². The second kappa shape index (κ2) is 6.54. The fraction of sp³-hybridized carbons (Fsp3) is 0.571. The van der Waals surface area contributed by atoms with E-state index >= 15 is 0 Å². The van der Waals surface area contributed by atoms with Gasteiger partial charge in [0, 0.05) is 0 Å². The highest BCUT2D eigenvalue weighted by molar-refractivity contribution is 5.36. The van der Waals surface area contributed by atoms with Gasteiger partial charge in [0.2, 0.25) is 0 Å². The van der Waals surface area contributed by atoms with Crippen molar-refractivity contribution in [2.45, 2.75) is 45.6 Å². The number of rotatable bonds is 6. The summed E-state index contributed by atoms with van der Waals surface area (Å²) in [7, 11) is 1.69. The van der Waals surface area contributed by atoms with Gasteiger partial charge in [0.1, 0.15) is 5.75 Å². The van der Waals surface area contributed by atoms with E-state index in [0.29, 0.717) is 0 Å². The molecule has 1 aromatic rings. The monoisotopic (exact) mass is 222 g/mol. The Balaban J connectivity index is 2.61. The first-order valence-corrected chi connectivity index (χ1v) is 5.99. The average Bonchev–Trinajstić information content (AvgIpc) is 2.27. The predicted octanol–water partition coefficient (Wildman–Crippen LogP) is 3.10. The lowest BCUT2D eigenvalue weighted by Crippen LogP contribution is -2.07. The fourth-order valence-electron chi connectivity index (χ4n) is 1.90. The maximum atomic E-state index is 9.70. The normalized spacial score (nSPS) is 12.5. The summed E-state index contributed by atoms with van der Waals surface area (Å²) in [6.07, 6.45) is 3.43. The molecule has 1 rings (SSSR count). The van der Waals surface area contributed by atoms with Crippen LogP contribution >= 0.6 is 0 Å². The summed E-state index contributed by atoms with van der Waals surface area (Å²) < 4.78 is 5.31. The van der Waals surface area contributed by atoms with Gasteiger partial charge in [0.15, 0.2) is 0 Å². The van der Waals surface area contributed by atoms with Crippen molar-refractivity contribution in [3.8, 4) is 5.75 Å². The minimum atomic E-state index is -0.185. The topological polar surface area (TPSA) is 29.5 Å². The van der Waals surface area contributed by atoms with E-state index in [1.54, 1.807) is 7.11 Å². The number of benzene rings is 1. The highest BCUT2D eigenvalue weighted by Gasteiger charge is 2.07. The first-order valence-electron chi connectivity index (χ1n) is 5.99. The SMILES string of the molecule is CCCC(O)CCc1cc(C)ccc1OC. The minimum absolute atomic E-state index is 0.185. The number of aryl methyl sites for hydroxylation is 2. The first-order chi connectivity index (χ1) is 7.67. The van der Waals surface area contributed by atoms with Crippen molar-refractivity contribution < 1.29 is 9.84 Å². The molecule has 0 fully saturated rings. The molecule has 1 unspecified atom stereocenters. The van der Waals surface area contributed by atoms with Gasteiger partial charge < -0.3 is 9.84 Å². The molecule has 0 spiro atoms. The maximum absolute atomic E-state index is 9.70. The van der Waals surface area contributed by atoms with Crippen molar-refractivity contribution >= 4 is 0 Å². The molecule has 2 heteroatoms. The molecule has 0 heterocycles. The van der Waals surface area contributed by atoms with Crippen LogP contribution in [-0.4, -0.2) is 18.3 Å². The molecule has 0 radical (unpaired) electrons. The van der Waals surface area contributed by atoms with Crippen molar-refractivity contribution in [3.63, 3.8) is 0 Å². The quantitative estimate of drug-likeness (QED) is 0.801. The van der Waals surface area contributed by atoms with Crippen LogP contribution in [-0.2, 0) is 6.42 Å². The lowest BCUT2D eigenvalue weighted by atomic mass is 10.0. The lowest BCUT2D eigenvalue weighted by molar-refractivity contribution is 0.153. The molecular formula is C14H22O2. The van der Waals surface area contributed by atoms with E-state index in [0.717, 1.165) is 31.4 Å².